The Kier molecular flexibility index (Phi) is 5.75. The Labute approximate surface area is 107 Å². The molecule has 0 aromatic heterocycles. The van der Waals surface area contributed by atoms with E-state index in [4.69, 9.17) is 0 Å². The third-order valence-corrected chi connectivity index (χ3v) is 4.28. The molecule has 0 saturated carbocycles. The molecule has 1 N–H and O–H groups in total. The lowest BCUT2D eigenvalue weighted by Crippen LogP contribution is -2.48. The fraction of sp³-hybridized carbons (Fsp3) is 1.00. The Balaban J connectivity index is 1.71. The predicted molar refractivity (Wildman–Crippen MR) is 73.4 cm³/mol. The van der Waals surface area contributed by atoms with Crippen LogP contribution in [0.25, 0.3) is 0 Å². The first-order chi connectivity index (χ1) is 8.40. The van der Waals surface area contributed by atoms with Crippen molar-refractivity contribution in [2.24, 2.45) is 0 Å². The molecule has 2 saturated heterocycles. The van der Waals surface area contributed by atoms with Crippen molar-refractivity contribution in [1.82, 2.24) is 15.1 Å². The van der Waals surface area contributed by atoms with Gasteiger partial charge in [0.15, 0.2) is 0 Å². The number of nitrogens with one attached hydrogen (secondary N) is 1. The van der Waals surface area contributed by atoms with Gasteiger partial charge in [-0.25, -0.2) is 0 Å². The standard InChI is InChI=1S/C14H29N3/c1-2-5-14-6-3-4-9-17(14)13-12-16-10-7-15-8-11-16/h14-15H,2-13H2,1H3. The lowest BCUT2D eigenvalue weighted by Gasteiger charge is -2.37. The summed E-state index contributed by atoms with van der Waals surface area (Å²) < 4.78 is 0. The second-order valence-corrected chi connectivity index (χ2v) is 5.57. The van der Waals surface area contributed by atoms with Gasteiger partial charge in [0.1, 0.15) is 0 Å². The highest BCUT2D eigenvalue weighted by Gasteiger charge is 2.21. The van der Waals surface area contributed by atoms with Gasteiger partial charge in [-0.3, -0.25) is 9.80 Å². The quantitative estimate of drug-likeness (QED) is 0.785. The molecule has 3 nitrogen and oxygen atoms in total. The summed E-state index contributed by atoms with van der Waals surface area (Å²) in [6.07, 6.45) is 7.06. The van der Waals surface area contributed by atoms with Crippen LogP contribution in [0.1, 0.15) is 39.0 Å². The molecule has 0 amide bonds. The molecule has 0 aliphatic carbocycles. The molecule has 1 atom stereocenters. The minimum Gasteiger partial charge on any atom is -0.314 e. The molecule has 100 valence electrons. The molecule has 0 aromatic rings. The Bertz CT molecular complexity index is 200. The van der Waals surface area contributed by atoms with Crippen LogP contribution >= 0.6 is 0 Å². The van der Waals surface area contributed by atoms with E-state index in [9.17, 15) is 0 Å². The number of piperidine rings is 1. The van der Waals surface area contributed by atoms with E-state index in [0.29, 0.717) is 0 Å². The lowest BCUT2D eigenvalue weighted by molar-refractivity contribution is 0.115. The van der Waals surface area contributed by atoms with E-state index in [-0.39, 0.29) is 0 Å². The molecule has 3 heteroatoms. The van der Waals surface area contributed by atoms with Gasteiger partial charge in [0.25, 0.3) is 0 Å². The van der Waals surface area contributed by atoms with Gasteiger partial charge >= 0.3 is 0 Å². The first-order valence-corrected chi connectivity index (χ1v) is 7.57. The second kappa shape index (κ2) is 7.34. The highest BCUT2D eigenvalue weighted by atomic mass is 15.2. The van der Waals surface area contributed by atoms with Crippen molar-refractivity contribution in [2.45, 2.75) is 45.1 Å². The van der Waals surface area contributed by atoms with Gasteiger partial charge in [-0.05, 0) is 25.8 Å². The Morgan fingerprint density at radius 3 is 2.65 bits per heavy atom. The number of likely N-dealkylation sites (tertiary alicyclic amines) is 1. The van der Waals surface area contributed by atoms with Crippen molar-refractivity contribution >= 4 is 0 Å². The summed E-state index contributed by atoms with van der Waals surface area (Å²) in [6.45, 7) is 11.1. The zero-order chi connectivity index (χ0) is 11.9. The van der Waals surface area contributed by atoms with E-state index in [0.717, 1.165) is 6.04 Å². The molecule has 2 rings (SSSR count). The largest absolute Gasteiger partial charge is 0.314 e. The monoisotopic (exact) mass is 239 g/mol. The van der Waals surface area contributed by atoms with Crippen molar-refractivity contribution in [1.29, 1.82) is 0 Å². The zero-order valence-corrected chi connectivity index (χ0v) is 11.5. The zero-order valence-electron chi connectivity index (χ0n) is 11.5. The summed E-state index contributed by atoms with van der Waals surface area (Å²) in [7, 11) is 0. The van der Waals surface area contributed by atoms with Crippen molar-refractivity contribution in [3.05, 3.63) is 0 Å². The number of hydrogen-bond donors (Lipinski definition) is 1. The Hall–Kier alpha value is -0.120. The van der Waals surface area contributed by atoms with Gasteiger partial charge in [-0.2, -0.15) is 0 Å². The van der Waals surface area contributed by atoms with Crippen LogP contribution in [0.15, 0.2) is 0 Å². The maximum absolute atomic E-state index is 3.43. The van der Waals surface area contributed by atoms with E-state index in [1.54, 1.807) is 0 Å². The summed E-state index contributed by atoms with van der Waals surface area (Å²) in [6, 6.07) is 0.886. The van der Waals surface area contributed by atoms with Crippen LogP contribution in [-0.2, 0) is 0 Å². The minimum atomic E-state index is 0.886. The van der Waals surface area contributed by atoms with E-state index in [2.05, 4.69) is 22.0 Å². The SMILES string of the molecule is CCCC1CCCCN1CCN1CCNCC1. The molecular weight excluding hydrogens is 210 g/mol. The Morgan fingerprint density at radius 1 is 1.06 bits per heavy atom. The Morgan fingerprint density at radius 2 is 1.88 bits per heavy atom. The molecule has 2 aliphatic heterocycles. The summed E-state index contributed by atoms with van der Waals surface area (Å²) in [5, 5.41) is 3.43. The van der Waals surface area contributed by atoms with Crippen molar-refractivity contribution in [3.63, 3.8) is 0 Å². The first-order valence-electron chi connectivity index (χ1n) is 7.57. The van der Waals surface area contributed by atoms with E-state index < -0.39 is 0 Å². The van der Waals surface area contributed by atoms with Crippen LogP contribution in [-0.4, -0.2) is 61.7 Å². The van der Waals surface area contributed by atoms with Crippen LogP contribution in [0, 0.1) is 0 Å². The van der Waals surface area contributed by atoms with Gasteiger partial charge in [-0.1, -0.05) is 19.8 Å². The second-order valence-electron chi connectivity index (χ2n) is 5.57. The van der Waals surface area contributed by atoms with Crippen molar-refractivity contribution in [3.8, 4) is 0 Å². The highest BCUT2D eigenvalue weighted by molar-refractivity contribution is 4.78. The molecule has 2 fully saturated rings. The number of hydrogen-bond acceptors (Lipinski definition) is 3. The van der Waals surface area contributed by atoms with E-state index in [1.807, 2.05) is 0 Å². The van der Waals surface area contributed by atoms with Gasteiger partial charge < -0.3 is 5.32 Å². The van der Waals surface area contributed by atoms with Crippen LogP contribution in [0.4, 0.5) is 0 Å². The molecule has 0 radical (unpaired) electrons. The van der Waals surface area contributed by atoms with Crippen LogP contribution < -0.4 is 5.32 Å². The summed E-state index contributed by atoms with van der Waals surface area (Å²) in [5.41, 5.74) is 0. The number of piperazine rings is 1. The van der Waals surface area contributed by atoms with Crippen LogP contribution in [0.5, 0.6) is 0 Å². The average molecular weight is 239 g/mol. The maximum atomic E-state index is 3.43. The van der Waals surface area contributed by atoms with Gasteiger partial charge in [0.05, 0.1) is 0 Å². The lowest BCUT2D eigenvalue weighted by atomic mass is 9.98. The smallest absolute Gasteiger partial charge is 0.0112 e. The van der Waals surface area contributed by atoms with E-state index >= 15 is 0 Å². The third-order valence-electron chi connectivity index (χ3n) is 4.28. The minimum absolute atomic E-state index is 0.886. The molecule has 2 heterocycles. The molecular formula is C14H29N3. The fourth-order valence-corrected chi connectivity index (χ4v) is 3.22. The van der Waals surface area contributed by atoms with Gasteiger partial charge in [0, 0.05) is 45.3 Å². The topological polar surface area (TPSA) is 18.5 Å². The highest BCUT2D eigenvalue weighted by Crippen LogP contribution is 2.20. The number of nitrogens with zero attached hydrogens (tertiary/aromatic N) is 2. The summed E-state index contributed by atoms with van der Waals surface area (Å²) >= 11 is 0. The van der Waals surface area contributed by atoms with Gasteiger partial charge in [0.2, 0.25) is 0 Å². The maximum Gasteiger partial charge on any atom is 0.0112 e. The van der Waals surface area contributed by atoms with Crippen LogP contribution in [0.2, 0.25) is 0 Å². The number of rotatable bonds is 5. The molecule has 0 aromatic carbocycles. The van der Waals surface area contributed by atoms with Gasteiger partial charge in [-0.15, -0.1) is 0 Å². The molecule has 17 heavy (non-hydrogen) atoms. The van der Waals surface area contributed by atoms with Crippen LogP contribution in [0.3, 0.4) is 0 Å². The third kappa shape index (κ3) is 4.23. The summed E-state index contributed by atoms with van der Waals surface area (Å²) in [4.78, 5) is 5.38. The molecule has 0 bridgehead atoms. The van der Waals surface area contributed by atoms with E-state index in [1.165, 1.54) is 77.9 Å². The van der Waals surface area contributed by atoms with Crippen molar-refractivity contribution < 1.29 is 0 Å². The fourth-order valence-electron chi connectivity index (χ4n) is 3.22. The van der Waals surface area contributed by atoms with Crippen molar-refractivity contribution in [2.75, 3.05) is 45.8 Å². The molecule has 1 unspecified atom stereocenters. The summed E-state index contributed by atoms with van der Waals surface area (Å²) in [5.74, 6) is 0. The molecule has 2 aliphatic rings. The molecule has 0 spiro atoms. The predicted octanol–water partition coefficient (Wildman–Crippen LogP) is 1.55. The normalized spacial score (nSPS) is 28.4. The average Bonchev–Trinajstić information content (AvgIpc) is 2.39. The first kappa shape index (κ1) is 13.3.